The molecule has 2 fully saturated rings. The lowest BCUT2D eigenvalue weighted by Crippen LogP contribution is -2.31. The van der Waals surface area contributed by atoms with Crippen molar-refractivity contribution in [3.8, 4) is 0 Å². The molecule has 0 amide bonds. The van der Waals surface area contributed by atoms with Crippen LogP contribution in [0.1, 0.15) is 37.8 Å². The number of fused-ring (bicyclic) bond motifs is 2. The molecule has 0 spiro atoms. The summed E-state index contributed by atoms with van der Waals surface area (Å²) in [6, 6.07) is 7.50. The Bertz CT molecular complexity index is 430. The molecule has 17 heavy (non-hydrogen) atoms. The Hall–Kier alpha value is -0.540. The highest BCUT2D eigenvalue weighted by Crippen LogP contribution is 2.41. The van der Waals surface area contributed by atoms with Crippen LogP contribution in [-0.2, 0) is 0 Å². The van der Waals surface area contributed by atoms with E-state index in [-0.39, 0.29) is 6.04 Å². The number of benzene rings is 1. The average molecular weight is 295 g/mol. The number of nitrogens with zero attached hydrogens (tertiary/aromatic N) is 1. The number of anilines is 1. The lowest BCUT2D eigenvalue weighted by molar-refractivity contribution is 0.553. The van der Waals surface area contributed by atoms with Crippen molar-refractivity contribution < 1.29 is 0 Å². The largest absolute Gasteiger partial charge is 0.368 e. The van der Waals surface area contributed by atoms with Gasteiger partial charge in [0.1, 0.15) is 0 Å². The molecule has 2 unspecified atom stereocenters. The third-order valence-electron chi connectivity index (χ3n) is 4.22. The topological polar surface area (TPSA) is 29.3 Å². The molecule has 3 heteroatoms. The van der Waals surface area contributed by atoms with Crippen LogP contribution in [0.5, 0.6) is 0 Å². The smallest absolute Gasteiger partial charge is 0.0380 e. The Labute approximate surface area is 111 Å². The van der Waals surface area contributed by atoms with Crippen LogP contribution < -0.4 is 10.6 Å². The highest BCUT2D eigenvalue weighted by Gasteiger charge is 2.37. The molecule has 2 bridgehead atoms. The van der Waals surface area contributed by atoms with Crippen molar-refractivity contribution in [3.63, 3.8) is 0 Å². The number of rotatable bonds is 2. The van der Waals surface area contributed by atoms with Crippen LogP contribution in [0.3, 0.4) is 0 Å². The lowest BCUT2D eigenvalue weighted by atomic mass is 10.1. The fourth-order valence-electron chi connectivity index (χ4n) is 3.30. The highest BCUT2D eigenvalue weighted by atomic mass is 79.9. The number of hydrogen-bond donors (Lipinski definition) is 1. The van der Waals surface area contributed by atoms with Crippen LogP contribution in [0.4, 0.5) is 5.69 Å². The van der Waals surface area contributed by atoms with Gasteiger partial charge in [-0.15, -0.1) is 0 Å². The summed E-state index contributed by atoms with van der Waals surface area (Å²) in [5.74, 6) is 0.937. The van der Waals surface area contributed by atoms with E-state index in [0.717, 1.165) is 16.4 Å². The van der Waals surface area contributed by atoms with E-state index in [1.54, 1.807) is 0 Å². The van der Waals surface area contributed by atoms with Crippen molar-refractivity contribution in [2.24, 2.45) is 11.7 Å². The third kappa shape index (κ3) is 2.00. The van der Waals surface area contributed by atoms with E-state index in [1.807, 2.05) is 6.92 Å². The summed E-state index contributed by atoms with van der Waals surface area (Å²) < 4.78 is 1.15. The van der Waals surface area contributed by atoms with Crippen LogP contribution in [0.25, 0.3) is 0 Å². The summed E-state index contributed by atoms with van der Waals surface area (Å²) in [5, 5.41) is 0. The second-order valence-corrected chi connectivity index (χ2v) is 6.33. The fraction of sp³-hybridized carbons (Fsp3) is 0.571. The molecule has 1 aromatic carbocycles. The molecule has 2 nitrogen and oxygen atoms in total. The second kappa shape index (κ2) is 4.29. The second-order valence-electron chi connectivity index (χ2n) is 5.48. The summed E-state index contributed by atoms with van der Waals surface area (Å²) in [7, 11) is 0. The summed E-state index contributed by atoms with van der Waals surface area (Å²) >= 11 is 3.64. The Morgan fingerprint density at radius 3 is 2.76 bits per heavy atom. The number of halogens is 1. The normalized spacial score (nSPS) is 28.8. The molecular formula is C14H19BrN2. The summed E-state index contributed by atoms with van der Waals surface area (Å²) in [6.07, 6.45) is 4.20. The zero-order valence-corrected chi connectivity index (χ0v) is 11.8. The summed E-state index contributed by atoms with van der Waals surface area (Å²) in [5.41, 5.74) is 8.48. The lowest BCUT2D eigenvalue weighted by Gasteiger charge is -2.29. The zero-order valence-electron chi connectivity index (χ0n) is 10.2. The first-order chi connectivity index (χ1) is 8.15. The van der Waals surface area contributed by atoms with Gasteiger partial charge in [0, 0.05) is 28.8 Å². The van der Waals surface area contributed by atoms with Crippen LogP contribution in [0, 0.1) is 5.92 Å². The van der Waals surface area contributed by atoms with Gasteiger partial charge < -0.3 is 10.6 Å². The van der Waals surface area contributed by atoms with E-state index in [0.29, 0.717) is 0 Å². The molecule has 2 N–H and O–H groups in total. The van der Waals surface area contributed by atoms with Gasteiger partial charge in [-0.25, -0.2) is 0 Å². The minimum Gasteiger partial charge on any atom is -0.368 e. The van der Waals surface area contributed by atoms with Gasteiger partial charge in [-0.1, -0.05) is 22.0 Å². The van der Waals surface area contributed by atoms with Crippen LogP contribution in [0.2, 0.25) is 0 Å². The van der Waals surface area contributed by atoms with Gasteiger partial charge >= 0.3 is 0 Å². The SMILES string of the molecule is C[C@@H](N)c1ccc(N2CC3CCC2C3)cc1Br. The molecule has 2 aliphatic rings. The van der Waals surface area contributed by atoms with E-state index in [4.69, 9.17) is 5.73 Å². The highest BCUT2D eigenvalue weighted by molar-refractivity contribution is 9.10. The zero-order chi connectivity index (χ0) is 12.0. The Morgan fingerprint density at radius 1 is 1.41 bits per heavy atom. The maximum absolute atomic E-state index is 5.93. The maximum Gasteiger partial charge on any atom is 0.0380 e. The van der Waals surface area contributed by atoms with Crippen molar-refractivity contribution in [1.29, 1.82) is 0 Å². The molecule has 3 atom stereocenters. The van der Waals surface area contributed by atoms with Crippen LogP contribution >= 0.6 is 15.9 Å². The van der Waals surface area contributed by atoms with Crippen molar-refractivity contribution >= 4 is 21.6 Å². The average Bonchev–Trinajstić information content (AvgIpc) is 2.89. The number of piperidine rings is 1. The first-order valence-corrected chi connectivity index (χ1v) is 7.26. The number of hydrogen-bond acceptors (Lipinski definition) is 2. The monoisotopic (exact) mass is 294 g/mol. The third-order valence-corrected chi connectivity index (χ3v) is 4.90. The van der Waals surface area contributed by atoms with Crippen molar-refractivity contribution in [2.45, 2.75) is 38.3 Å². The minimum absolute atomic E-state index is 0.0912. The van der Waals surface area contributed by atoms with Crippen LogP contribution in [0.15, 0.2) is 22.7 Å². The fourth-order valence-corrected chi connectivity index (χ4v) is 4.03. The molecular weight excluding hydrogens is 276 g/mol. The van der Waals surface area contributed by atoms with Crippen molar-refractivity contribution in [3.05, 3.63) is 28.2 Å². The molecule has 1 saturated heterocycles. The quantitative estimate of drug-likeness (QED) is 0.905. The van der Waals surface area contributed by atoms with Gasteiger partial charge in [-0.2, -0.15) is 0 Å². The molecule has 1 saturated carbocycles. The van der Waals surface area contributed by atoms with Crippen molar-refractivity contribution in [1.82, 2.24) is 0 Å². The predicted octanol–water partition coefficient (Wildman–Crippen LogP) is 3.46. The Kier molecular flexibility index (Phi) is 2.91. The predicted molar refractivity (Wildman–Crippen MR) is 75.2 cm³/mol. The van der Waals surface area contributed by atoms with E-state index >= 15 is 0 Å². The van der Waals surface area contributed by atoms with Gasteiger partial charge in [0.2, 0.25) is 0 Å². The Morgan fingerprint density at radius 2 is 2.24 bits per heavy atom. The summed E-state index contributed by atoms with van der Waals surface area (Å²) in [6.45, 7) is 3.27. The van der Waals surface area contributed by atoms with Crippen LogP contribution in [-0.4, -0.2) is 12.6 Å². The first kappa shape index (κ1) is 11.5. The van der Waals surface area contributed by atoms with Crippen molar-refractivity contribution in [2.75, 3.05) is 11.4 Å². The molecule has 0 aromatic heterocycles. The number of nitrogens with two attached hydrogens (primary N) is 1. The molecule has 1 aromatic rings. The molecule has 0 radical (unpaired) electrons. The van der Waals surface area contributed by atoms with Gasteiger partial charge in [-0.3, -0.25) is 0 Å². The van der Waals surface area contributed by atoms with Gasteiger partial charge in [0.05, 0.1) is 0 Å². The molecule has 92 valence electrons. The van der Waals surface area contributed by atoms with E-state index in [1.165, 1.54) is 37.1 Å². The van der Waals surface area contributed by atoms with E-state index in [2.05, 4.69) is 39.0 Å². The maximum atomic E-state index is 5.93. The summed E-state index contributed by atoms with van der Waals surface area (Å²) in [4.78, 5) is 2.57. The van der Waals surface area contributed by atoms with Gasteiger partial charge in [0.25, 0.3) is 0 Å². The molecule has 1 aliphatic heterocycles. The van der Waals surface area contributed by atoms with Gasteiger partial charge in [-0.05, 0) is 49.8 Å². The van der Waals surface area contributed by atoms with E-state index < -0.39 is 0 Å². The Balaban J connectivity index is 1.87. The molecule has 3 rings (SSSR count). The van der Waals surface area contributed by atoms with E-state index in [9.17, 15) is 0 Å². The minimum atomic E-state index is 0.0912. The molecule has 1 aliphatic carbocycles. The molecule has 1 heterocycles. The van der Waals surface area contributed by atoms with Gasteiger partial charge in [0.15, 0.2) is 0 Å². The first-order valence-electron chi connectivity index (χ1n) is 6.47. The standard InChI is InChI=1S/C14H19BrN2/c1-9(16)13-5-4-12(7-14(13)15)17-8-10-2-3-11(17)6-10/h4-5,7,9-11H,2-3,6,8,16H2,1H3/t9-,10?,11?/m1/s1.